The quantitative estimate of drug-likeness (QED) is 0.774. The smallest absolute Gasteiger partial charge is 0.225 e. The maximum absolute atomic E-state index is 12.3. The first-order valence-corrected chi connectivity index (χ1v) is 8.92. The number of amides is 1. The molecule has 0 bridgehead atoms. The maximum Gasteiger partial charge on any atom is 0.225 e. The summed E-state index contributed by atoms with van der Waals surface area (Å²) in [6.07, 6.45) is 2.01. The molecule has 5 nitrogen and oxygen atoms in total. The fraction of sp³-hybridized carbons (Fsp3) is 0.235. The molecule has 122 valence electrons. The van der Waals surface area contributed by atoms with E-state index in [0.29, 0.717) is 24.5 Å². The molecular weight excluding hydrogens is 344 g/mol. The highest BCUT2D eigenvalue weighted by atomic mass is 35.5. The van der Waals surface area contributed by atoms with E-state index in [2.05, 4.69) is 15.3 Å². The van der Waals surface area contributed by atoms with Crippen LogP contribution in [0.25, 0.3) is 10.2 Å². The molecule has 2 aromatic heterocycles. The number of fused-ring (bicyclic) bond motifs is 1. The van der Waals surface area contributed by atoms with E-state index in [1.807, 2.05) is 40.6 Å². The van der Waals surface area contributed by atoms with E-state index in [9.17, 15) is 4.79 Å². The van der Waals surface area contributed by atoms with Gasteiger partial charge in [0.05, 0.1) is 11.4 Å². The summed E-state index contributed by atoms with van der Waals surface area (Å²) in [6, 6.07) is 9.67. The van der Waals surface area contributed by atoms with Crippen LogP contribution >= 0.6 is 22.9 Å². The average Bonchev–Trinajstić information content (AvgIpc) is 3.17. The van der Waals surface area contributed by atoms with Crippen molar-refractivity contribution >= 4 is 44.9 Å². The molecule has 0 spiro atoms. The van der Waals surface area contributed by atoms with Gasteiger partial charge in [-0.15, -0.1) is 11.3 Å². The largest absolute Gasteiger partial charge is 0.364 e. The zero-order valence-corrected chi connectivity index (χ0v) is 14.3. The highest BCUT2D eigenvalue weighted by Gasteiger charge is 2.30. The fourth-order valence-electron chi connectivity index (χ4n) is 2.95. The molecule has 0 unspecified atom stereocenters. The van der Waals surface area contributed by atoms with Crippen molar-refractivity contribution in [1.82, 2.24) is 14.9 Å². The minimum absolute atomic E-state index is 0.0398. The topological polar surface area (TPSA) is 58.1 Å². The van der Waals surface area contributed by atoms with Crippen LogP contribution in [0.3, 0.4) is 0 Å². The van der Waals surface area contributed by atoms with Crippen LogP contribution in [-0.4, -0.2) is 33.4 Å². The molecule has 1 amide bonds. The number of halogens is 1. The lowest BCUT2D eigenvalue weighted by molar-refractivity contribution is -0.128. The molecule has 3 heterocycles. The summed E-state index contributed by atoms with van der Waals surface area (Å²) in [5.74, 6) is 0.918. The summed E-state index contributed by atoms with van der Waals surface area (Å²) in [6.45, 7) is 1.17. The van der Waals surface area contributed by atoms with Gasteiger partial charge >= 0.3 is 0 Å². The van der Waals surface area contributed by atoms with E-state index < -0.39 is 0 Å². The highest BCUT2D eigenvalue weighted by molar-refractivity contribution is 7.16. The Morgan fingerprint density at radius 3 is 3.04 bits per heavy atom. The summed E-state index contributed by atoms with van der Waals surface area (Å²) in [4.78, 5) is 23.7. The molecule has 24 heavy (non-hydrogen) atoms. The monoisotopic (exact) mass is 358 g/mol. The Balaban J connectivity index is 1.48. The Morgan fingerprint density at radius 2 is 2.17 bits per heavy atom. The van der Waals surface area contributed by atoms with Crippen molar-refractivity contribution in [3.63, 3.8) is 0 Å². The molecule has 1 aliphatic rings. The Bertz CT molecular complexity index is 897. The Hall–Kier alpha value is -2.18. The third-order valence-electron chi connectivity index (χ3n) is 4.14. The molecule has 3 aromatic rings. The summed E-state index contributed by atoms with van der Waals surface area (Å²) in [5.41, 5.74) is 0.968. The molecule has 1 N–H and O–H groups in total. The average molecular weight is 359 g/mol. The first kappa shape index (κ1) is 15.4. The zero-order valence-electron chi connectivity index (χ0n) is 12.8. The van der Waals surface area contributed by atoms with Crippen LogP contribution in [0.5, 0.6) is 0 Å². The van der Waals surface area contributed by atoms with Gasteiger partial charge in [-0.05, 0) is 23.1 Å². The van der Waals surface area contributed by atoms with E-state index in [1.54, 1.807) is 17.7 Å². The number of carbonyl (C=O) groups is 1. The molecule has 0 aliphatic carbocycles. The van der Waals surface area contributed by atoms with Crippen LogP contribution in [0.4, 0.5) is 5.82 Å². The third-order valence-corrected chi connectivity index (χ3v) is 5.33. The van der Waals surface area contributed by atoms with Crippen LogP contribution in [0.15, 0.2) is 42.0 Å². The Morgan fingerprint density at radius 1 is 1.29 bits per heavy atom. The lowest BCUT2D eigenvalue weighted by Crippen LogP contribution is -2.27. The molecule has 0 radical (unpaired) electrons. The number of hydrogen-bond acceptors (Lipinski definition) is 5. The van der Waals surface area contributed by atoms with Crippen molar-refractivity contribution in [1.29, 1.82) is 0 Å². The molecule has 7 heteroatoms. The predicted octanol–water partition coefficient (Wildman–Crippen LogP) is 3.56. The molecule has 1 saturated heterocycles. The van der Waals surface area contributed by atoms with Gasteiger partial charge in [0.25, 0.3) is 0 Å². The molecule has 4 rings (SSSR count). The molecule has 1 aliphatic heterocycles. The molecule has 1 fully saturated rings. The Kier molecular flexibility index (Phi) is 4.08. The molecule has 1 atom stereocenters. The van der Waals surface area contributed by atoms with Gasteiger partial charge in [0, 0.05) is 24.5 Å². The second-order valence-corrected chi connectivity index (χ2v) is 7.07. The molecule has 1 aromatic carbocycles. The summed E-state index contributed by atoms with van der Waals surface area (Å²) in [7, 11) is 0. The van der Waals surface area contributed by atoms with E-state index in [0.717, 1.165) is 21.6 Å². The summed E-state index contributed by atoms with van der Waals surface area (Å²) < 4.78 is 0. The van der Waals surface area contributed by atoms with Crippen molar-refractivity contribution in [3.05, 3.63) is 52.6 Å². The van der Waals surface area contributed by atoms with Crippen LogP contribution in [0.1, 0.15) is 12.0 Å². The van der Waals surface area contributed by atoms with Gasteiger partial charge in [0.1, 0.15) is 17.0 Å². The first-order valence-electron chi connectivity index (χ1n) is 7.66. The SMILES string of the molecule is O=C1C[C@@H](Nc2ncnc3sccc23)CN1Cc1ccccc1Cl. The normalized spacial score (nSPS) is 17.6. The zero-order chi connectivity index (χ0) is 16.5. The third kappa shape index (κ3) is 2.95. The van der Waals surface area contributed by atoms with Crippen LogP contribution in [0, 0.1) is 0 Å². The van der Waals surface area contributed by atoms with Gasteiger partial charge < -0.3 is 10.2 Å². The number of thiophene rings is 1. The summed E-state index contributed by atoms with van der Waals surface area (Å²) >= 11 is 7.78. The fourth-order valence-corrected chi connectivity index (χ4v) is 3.88. The van der Waals surface area contributed by atoms with Crippen molar-refractivity contribution in [2.24, 2.45) is 0 Å². The Labute approximate surface area is 148 Å². The number of benzene rings is 1. The predicted molar refractivity (Wildman–Crippen MR) is 96.3 cm³/mol. The van der Waals surface area contributed by atoms with Gasteiger partial charge in [-0.2, -0.15) is 0 Å². The number of anilines is 1. The van der Waals surface area contributed by atoms with E-state index in [1.165, 1.54) is 0 Å². The lowest BCUT2D eigenvalue weighted by Gasteiger charge is -2.18. The van der Waals surface area contributed by atoms with E-state index in [-0.39, 0.29) is 11.9 Å². The van der Waals surface area contributed by atoms with E-state index in [4.69, 9.17) is 11.6 Å². The standard InChI is InChI=1S/C17H15ClN4OS/c18-14-4-2-1-3-11(14)8-22-9-12(7-15(22)23)21-16-13-5-6-24-17(13)20-10-19-16/h1-6,10,12H,7-9H2,(H,19,20,21)/t12-/m1/s1. The minimum atomic E-state index is 0.0398. The van der Waals surface area contributed by atoms with Gasteiger partial charge in [-0.1, -0.05) is 29.8 Å². The van der Waals surface area contributed by atoms with Gasteiger partial charge in [-0.3, -0.25) is 4.79 Å². The number of hydrogen-bond donors (Lipinski definition) is 1. The van der Waals surface area contributed by atoms with Crippen molar-refractivity contribution in [3.8, 4) is 0 Å². The number of likely N-dealkylation sites (tertiary alicyclic amines) is 1. The maximum atomic E-state index is 12.3. The van der Waals surface area contributed by atoms with Crippen molar-refractivity contribution in [2.45, 2.75) is 19.0 Å². The molecular formula is C17H15ClN4OS. The summed E-state index contributed by atoms with van der Waals surface area (Å²) in [5, 5.41) is 7.08. The van der Waals surface area contributed by atoms with Gasteiger partial charge in [-0.25, -0.2) is 9.97 Å². The highest BCUT2D eigenvalue weighted by Crippen LogP contribution is 2.26. The second-order valence-electron chi connectivity index (χ2n) is 5.77. The van der Waals surface area contributed by atoms with Crippen LogP contribution in [-0.2, 0) is 11.3 Å². The van der Waals surface area contributed by atoms with Crippen LogP contribution < -0.4 is 5.32 Å². The number of rotatable bonds is 4. The van der Waals surface area contributed by atoms with Crippen molar-refractivity contribution < 1.29 is 4.79 Å². The number of carbonyl (C=O) groups excluding carboxylic acids is 1. The lowest BCUT2D eigenvalue weighted by atomic mass is 10.2. The number of nitrogens with zero attached hydrogens (tertiary/aromatic N) is 3. The number of aromatic nitrogens is 2. The van der Waals surface area contributed by atoms with Gasteiger partial charge in [0.2, 0.25) is 5.91 Å². The van der Waals surface area contributed by atoms with Crippen molar-refractivity contribution in [2.75, 3.05) is 11.9 Å². The van der Waals surface area contributed by atoms with Gasteiger partial charge in [0.15, 0.2) is 0 Å². The van der Waals surface area contributed by atoms with E-state index >= 15 is 0 Å². The minimum Gasteiger partial charge on any atom is -0.364 e. The molecule has 0 saturated carbocycles. The first-order chi connectivity index (χ1) is 11.7. The second kappa shape index (κ2) is 6.37. The van der Waals surface area contributed by atoms with Crippen LogP contribution in [0.2, 0.25) is 5.02 Å². The number of nitrogens with one attached hydrogen (secondary N) is 1.